The molecule has 0 saturated carbocycles. The Labute approximate surface area is 162 Å². The van der Waals surface area contributed by atoms with Crippen molar-refractivity contribution >= 4 is 17.0 Å². The Kier molecular flexibility index (Phi) is 5.63. The van der Waals surface area contributed by atoms with Gasteiger partial charge in [-0.2, -0.15) is 0 Å². The average molecular weight is 382 g/mol. The highest BCUT2D eigenvalue weighted by molar-refractivity contribution is 5.99. The maximum atomic E-state index is 12.6. The van der Waals surface area contributed by atoms with Crippen LogP contribution in [0, 0.1) is 0 Å². The summed E-state index contributed by atoms with van der Waals surface area (Å²) < 4.78 is 12.2. The number of hydrogen-bond acceptors (Lipinski definition) is 5. The quantitative estimate of drug-likeness (QED) is 0.672. The summed E-state index contributed by atoms with van der Waals surface area (Å²) in [5.74, 6) is -0.520. The molecule has 0 aliphatic rings. The Morgan fingerprint density at radius 2 is 1.89 bits per heavy atom. The van der Waals surface area contributed by atoms with Crippen LogP contribution in [-0.2, 0) is 6.54 Å². The molecular formula is C21H22N2O5. The van der Waals surface area contributed by atoms with Gasteiger partial charge in [0, 0.05) is 18.3 Å². The number of aromatic carboxylic acids is 1. The molecule has 0 unspecified atom stereocenters. The van der Waals surface area contributed by atoms with Gasteiger partial charge in [0.15, 0.2) is 5.56 Å². The monoisotopic (exact) mass is 382 g/mol. The second kappa shape index (κ2) is 8.12. The van der Waals surface area contributed by atoms with Crippen molar-refractivity contribution in [2.45, 2.75) is 26.8 Å². The standard InChI is InChI=1S/C21H22N2O5/c1-4-10-28-15-8-6-13(7-9-15)14-11-16-18(27-3)17(21(25)26)20(24)23(5-2)19(16)22-12-14/h6-9,11-12H,4-5,10H2,1-3H3,(H,25,26). The average Bonchev–Trinajstić information content (AvgIpc) is 2.71. The third kappa shape index (κ3) is 3.43. The molecule has 0 radical (unpaired) electrons. The van der Waals surface area contributed by atoms with E-state index in [9.17, 15) is 14.7 Å². The molecule has 146 valence electrons. The molecule has 7 heteroatoms. The Bertz CT molecular complexity index is 1070. The van der Waals surface area contributed by atoms with Gasteiger partial charge in [-0.25, -0.2) is 9.78 Å². The van der Waals surface area contributed by atoms with Crippen molar-refractivity contribution in [2.24, 2.45) is 0 Å². The molecule has 0 atom stereocenters. The van der Waals surface area contributed by atoms with E-state index in [0.717, 1.165) is 23.3 Å². The normalized spacial score (nSPS) is 10.8. The first-order chi connectivity index (χ1) is 13.5. The van der Waals surface area contributed by atoms with Gasteiger partial charge >= 0.3 is 5.97 Å². The molecule has 7 nitrogen and oxygen atoms in total. The Balaban J connectivity index is 2.18. The minimum Gasteiger partial charge on any atom is -0.495 e. The smallest absolute Gasteiger partial charge is 0.345 e. The zero-order chi connectivity index (χ0) is 20.3. The van der Waals surface area contributed by atoms with Crippen molar-refractivity contribution in [1.82, 2.24) is 9.55 Å². The molecule has 0 bridgehead atoms. The molecule has 0 fully saturated rings. The topological polar surface area (TPSA) is 90.7 Å². The van der Waals surface area contributed by atoms with E-state index >= 15 is 0 Å². The minimum absolute atomic E-state index is 0.0226. The molecule has 1 N–H and O–H groups in total. The van der Waals surface area contributed by atoms with Crippen LogP contribution in [0.5, 0.6) is 11.5 Å². The van der Waals surface area contributed by atoms with Gasteiger partial charge in [0.2, 0.25) is 0 Å². The van der Waals surface area contributed by atoms with Crippen LogP contribution in [0.2, 0.25) is 0 Å². The summed E-state index contributed by atoms with van der Waals surface area (Å²) >= 11 is 0. The molecule has 2 aromatic heterocycles. The van der Waals surface area contributed by atoms with Crippen LogP contribution in [0.4, 0.5) is 0 Å². The molecular weight excluding hydrogens is 360 g/mol. The van der Waals surface area contributed by atoms with E-state index in [1.165, 1.54) is 11.7 Å². The molecule has 3 rings (SSSR count). The maximum Gasteiger partial charge on any atom is 0.345 e. The number of methoxy groups -OCH3 is 1. The summed E-state index contributed by atoms with van der Waals surface area (Å²) in [7, 11) is 1.35. The summed E-state index contributed by atoms with van der Waals surface area (Å²) in [6.45, 7) is 4.77. The number of carboxylic acid groups (broad SMARTS) is 1. The van der Waals surface area contributed by atoms with Crippen molar-refractivity contribution < 1.29 is 19.4 Å². The van der Waals surface area contributed by atoms with Gasteiger partial charge in [0.25, 0.3) is 5.56 Å². The van der Waals surface area contributed by atoms with Gasteiger partial charge in [0.1, 0.15) is 17.1 Å². The molecule has 3 aromatic rings. The van der Waals surface area contributed by atoms with E-state index in [-0.39, 0.29) is 11.3 Å². The second-order valence-corrected chi connectivity index (χ2v) is 6.23. The molecule has 0 amide bonds. The van der Waals surface area contributed by atoms with Crippen LogP contribution < -0.4 is 15.0 Å². The van der Waals surface area contributed by atoms with Crippen LogP contribution in [0.1, 0.15) is 30.6 Å². The lowest BCUT2D eigenvalue weighted by Gasteiger charge is -2.14. The van der Waals surface area contributed by atoms with Gasteiger partial charge in [-0.3, -0.25) is 9.36 Å². The first kappa shape index (κ1) is 19.4. The molecule has 0 saturated heterocycles. The highest BCUT2D eigenvalue weighted by Gasteiger charge is 2.23. The number of hydrogen-bond donors (Lipinski definition) is 1. The molecule has 0 aliphatic heterocycles. The van der Waals surface area contributed by atoms with Crippen molar-refractivity contribution in [1.29, 1.82) is 0 Å². The lowest BCUT2D eigenvalue weighted by molar-refractivity contribution is 0.0691. The molecule has 2 heterocycles. The van der Waals surface area contributed by atoms with Crippen molar-refractivity contribution in [3.63, 3.8) is 0 Å². The fourth-order valence-electron chi connectivity index (χ4n) is 3.12. The summed E-state index contributed by atoms with van der Waals surface area (Å²) in [6, 6.07) is 9.37. The second-order valence-electron chi connectivity index (χ2n) is 6.23. The zero-order valence-corrected chi connectivity index (χ0v) is 16.1. The Hall–Kier alpha value is -3.35. The SMILES string of the molecule is CCCOc1ccc(-c2cnc3c(c2)c(OC)c(C(=O)O)c(=O)n3CC)cc1. The largest absolute Gasteiger partial charge is 0.495 e. The van der Waals surface area contributed by atoms with Gasteiger partial charge in [-0.05, 0) is 37.1 Å². The van der Waals surface area contributed by atoms with E-state index in [1.54, 1.807) is 19.2 Å². The van der Waals surface area contributed by atoms with E-state index in [1.807, 2.05) is 31.2 Å². The van der Waals surface area contributed by atoms with Crippen LogP contribution >= 0.6 is 0 Å². The van der Waals surface area contributed by atoms with E-state index < -0.39 is 11.5 Å². The molecule has 1 aromatic carbocycles. The number of carbonyl (C=O) groups is 1. The van der Waals surface area contributed by atoms with Gasteiger partial charge in [-0.15, -0.1) is 0 Å². The van der Waals surface area contributed by atoms with Crippen molar-refractivity contribution in [3.05, 3.63) is 52.4 Å². The number of fused-ring (bicyclic) bond motifs is 1. The van der Waals surface area contributed by atoms with Gasteiger partial charge < -0.3 is 14.6 Å². The van der Waals surface area contributed by atoms with Crippen molar-refractivity contribution in [2.75, 3.05) is 13.7 Å². The number of aryl methyl sites for hydroxylation is 1. The number of nitrogens with zero attached hydrogens (tertiary/aromatic N) is 2. The zero-order valence-electron chi connectivity index (χ0n) is 16.1. The molecule has 0 aliphatic carbocycles. The number of ether oxygens (including phenoxy) is 2. The lowest BCUT2D eigenvalue weighted by Crippen LogP contribution is -2.27. The molecule has 28 heavy (non-hydrogen) atoms. The third-order valence-corrected chi connectivity index (χ3v) is 4.45. The Morgan fingerprint density at radius 3 is 2.46 bits per heavy atom. The number of rotatable bonds is 7. The lowest BCUT2D eigenvalue weighted by atomic mass is 10.0. The molecule has 0 spiro atoms. The van der Waals surface area contributed by atoms with Gasteiger partial charge in [-0.1, -0.05) is 19.1 Å². The predicted molar refractivity (Wildman–Crippen MR) is 106 cm³/mol. The predicted octanol–water partition coefficient (Wildman–Crippen LogP) is 3.58. The number of aromatic nitrogens is 2. The highest BCUT2D eigenvalue weighted by atomic mass is 16.5. The van der Waals surface area contributed by atoms with Gasteiger partial charge in [0.05, 0.1) is 19.1 Å². The highest BCUT2D eigenvalue weighted by Crippen LogP contribution is 2.31. The Morgan fingerprint density at radius 1 is 1.18 bits per heavy atom. The number of carboxylic acids is 1. The maximum absolute atomic E-state index is 12.6. The van der Waals surface area contributed by atoms with Crippen LogP contribution in [0.3, 0.4) is 0 Å². The van der Waals surface area contributed by atoms with Crippen LogP contribution in [0.25, 0.3) is 22.2 Å². The van der Waals surface area contributed by atoms with E-state index in [4.69, 9.17) is 9.47 Å². The van der Waals surface area contributed by atoms with E-state index in [2.05, 4.69) is 4.98 Å². The fraction of sp³-hybridized carbons (Fsp3) is 0.286. The van der Waals surface area contributed by atoms with Crippen molar-refractivity contribution in [3.8, 4) is 22.6 Å². The summed E-state index contributed by atoms with van der Waals surface area (Å²) in [5, 5.41) is 9.99. The summed E-state index contributed by atoms with van der Waals surface area (Å²) in [4.78, 5) is 28.7. The minimum atomic E-state index is -1.33. The first-order valence-electron chi connectivity index (χ1n) is 9.08. The summed E-state index contributed by atoms with van der Waals surface area (Å²) in [6.07, 6.45) is 2.59. The fourth-order valence-corrected chi connectivity index (χ4v) is 3.12. The van der Waals surface area contributed by atoms with Crippen LogP contribution in [-0.4, -0.2) is 34.3 Å². The number of benzene rings is 1. The van der Waals surface area contributed by atoms with E-state index in [0.29, 0.717) is 24.2 Å². The summed E-state index contributed by atoms with van der Waals surface area (Å²) in [5.41, 5.74) is 1.05. The first-order valence-corrected chi connectivity index (χ1v) is 9.08. The van der Waals surface area contributed by atoms with Crippen LogP contribution in [0.15, 0.2) is 41.3 Å². The number of pyridine rings is 2. The third-order valence-electron chi connectivity index (χ3n) is 4.45.